The number of methoxy groups -OCH3 is 1. The fraction of sp³-hybridized carbons (Fsp3) is 0.120. The second kappa shape index (κ2) is 12.1. The van der Waals surface area contributed by atoms with Crippen molar-refractivity contribution in [1.82, 2.24) is 20.1 Å². The Labute approximate surface area is 225 Å². The van der Waals surface area contributed by atoms with E-state index in [0.717, 1.165) is 4.47 Å². The zero-order chi connectivity index (χ0) is 25.5. The summed E-state index contributed by atoms with van der Waals surface area (Å²) in [4.78, 5) is 25.2. The highest BCUT2D eigenvalue weighted by Crippen LogP contribution is 2.27. The van der Waals surface area contributed by atoms with Gasteiger partial charge in [-0.3, -0.25) is 14.2 Å². The second-order valence-electron chi connectivity index (χ2n) is 7.44. The van der Waals surface area contributed by atoms with Crippen LogP contribution in [0.15, 0.2) is 82.4 Å². The van der Waals surface area contributed by atoms with Crippen LogP contribution in [0.1, 0.15) is 16.2 Å². The van der Waals surface area contributed by atoms with Gasteiger partial charge in [0.05, 0.1) is 30.1 Å². The lowest BCUT2D eigenvalue weighted by Gasteiger charge is -2.12. The van der Waals surface area contributed by atoms with Gasteiger partial charge in [-0.15, -0.1) is 10.2 Å². The standard InChI is InChI=1S/C25H21BrClN5O3S/c1-35-19-12-6-16(7-13-19)24(34)28-14-22-30-31-25(32(22)21-5-3-2-4-20(21)27)36-15-23(33)29-18-10-8-17(26)9-11-18/h2-13H,14-15H2,1H3,(H,28,34)(H,29,33). The third kappa shape index (κ3) is 6.45. The van der Waals surface area contributed by atoms with Crippen LogP contribution in [0.4, 0.5) is 5.69 Å². The van der Waals surface area contributed by atoms with Gasteiger partial charge in [-0.1, -0.05) is 51.4 Å². The van der Waals surface area contributed by atoms with Crippen LogP contribution in [-0.2, 0) is 11.3 Å². The highest BCUT2D eigenvalue weighted by atomic mass is 79.9. The second-order valence-corrected chi connectivity index (χ2v) is 9.71. The molecule has 11 heteroatoms. The normalized spacial score (nSPS) is 10.6. The number of amides is 2. The van der Waals surface area contributed by atoms with Crippen molar-refractivity contribution in [2.45, 2.75) is 11.7 Å². The molecular formula is C25H21BrClN5O3S. The number of para-hydroxylation sites is 1. The number of nitrogens with one attached hydrogen (secondary N) is 2. The molecule has 0 spiro atoms. The zero-order valence-electron chi connectivity index (χ0n) is 19.1. The fourth-order valence-corrected chi connectivity index (χ4v) is 4.50. The molecule has 0 aliphatic rings. The summed E-state index contributed by atoms with van der Waals surface area (Å²) >= 11 is 11.1. The van der Waals surface area contributed by atoms with Gasteiger partial charge in [-0.05, 0) is 60.7 Å². The molecule has 2 N–H and O–H groups in total. The van der Waals surface area contributed by atoms with Crippen LogP contribution in [-0.4, -0.2) is 39.4 Å². The van der Waals surface area contributed by atoms with Crippen molar-refractivity contribution in [3.63, 3.8) is 0 Å². The highest BCUT2D eigenvalue weighted by Gasteiger charge is 2.19. The quantitative estimate of drug-likeness (QED) is 0.257. The minimum atomic E-state index is -0.269. The third-order valence-corrected chi connectivity index (χ3v) is 6.79. The molecule has 1 aromatic heterocycles. The van der Waals surface area contributed by atoms with Gasteiger partial charge in [0.2, 0.25) is 5.91 Å². The maximum atomic E-state index is 12.7. The van der Waals surface area contributed by atoms with Crippen molar-refractivity contribution in [2.24, 2.45) is 0 Å². The molecule has 4 rings (SSSR count). The topological polar surface area (TPSA) is 98.1 Å². The molecule has 8 nitrogen and oxygen atoms in total. The van der Waals surface area contributed by atoms with E-state index >= 15 is 0 Å². The van der Waals surface area contributed by atoms with Crippen LogP contribution in [0.25, 0.3) is 5.69 Å². The Bertz CT molecular complexity index is 1360. The molecule has 2 amide bonds. The maximum absolute atomic E-state index is 12.7. The molecule has 0 aliphatic carbocycles. The van der Waals surface area contributed by atoms with Crippen LogP contribution in [0.5, 0.6) is 5.75 Å². The van der Waals surface area contributed by atoms with Crippen LogP contribution in [0.3, 0.4) is 0 Å². The number of halogens is 2. The molecule has 0 unspecified atom stereocenters. The molecule has 0 aliphatic heterocycles. The summed E-state index contributed by atoms with van der Waals surface area (Å²) in [6, 6.07) is 21.4. The lowest BCUT2D eigenvalue weighted by molar-refractivity contribution is -0.113. The van der Waals surface area contributed by atoms with Crippen molar-refractivity contribution >= 4 is 56.8 Å². The molecule has 0 saturated heterocycles. The molecule has 36 heavy (non-hydrogen) atoms. The monoisotopic (exact) mass is 585 g/mol. The summed E-state index contributed by atoms with van der Waals surface area (Å²) in [7, 11) is 1.57. The number of benzene rings is 3. The molecule has 0 fully saturated rings. The number of aromatic nitrogens is 3. The van der Waals surface area contributed by atoms with Gasteiger partial charge in [0, 0.05) is 15.7 Å². The molecule has 4 aromatic rings. The van der Waals surface area contributed by atoms with E-state index < -0.39 is 0 Å². The molecule has 0 saturated carbocycles. The van der Waals surface area contributed by atoms with Crippen LogP contribution < -0.4 is 15.4 Å². The van der Waals surface area contributed by atoms with Gasteiger partial charge in [0.25, 0.3) is 5.91 Å². The Balaban J connectivity index is 1.49. The van der Waals surface area contributed by atoms with E-state index in [9.17, 15) is 9.59 Å². The Kier molecular flexibility index (Phi) is 8.63. The summed E-state index contributed by atoms with van der Waals surface area (Å²) in [6.45, 7) is 0.106. The smallest absolute Gasteiger partial charge is 0.251 e. The van der Waals surface area contributed by atoms with Gasteiger partial charge < -0.3 is 15.4 Å². The van der Waals surface area contributed by atoms with Crippen LogP contribution in [0, 0.1) is 0 Å². The molecule has 0 atom stereocenters. The first kappa shape index (κ1) is 25.7. The number of carbonyl (C=O) groups is 2. The number of ether oxygens (including phenoxy) is 1. The number of hydrogen-bond acceptors (Lipinski definition) is 6. The summed E-state index contributed by atoms with van der Waals surface area (Å²) in [5.41, 5.74) is 1.82. The van der Waals surface area contributed by atoms with Crippen molar-refractivity contribution in [3.05, 3.63) is 93.7 Å². The number of anilines is 1. The van der Waals surface area contributed by atoms with Gasteiger partial charge in [0.1, 0.15) is 5.75 Å². The Morgan fingerprint density at radius 2 is 1.75 bits per heavy atom. The van der Waals surface area contributed by atoms with E-state index in [-0.39, 0.29) is 24.1 Å². The largest absolute Gasteiger partial charge is 0.497 e. The van der Waals surface area contributed by atoms with Gasteiger partial charge >= 0.3 is 0 Å². The van der Waals surface area contributed by atoms with E-state index in [1.807, 2.05) is 42.5 Å². The minimum Gasteiger partial charge on any atom is -0.497 e. The van der Waals surface area contributed by atoms with Crippen LogP contribution >= 0.6 is 39.3 Å². The van der Waals surface area contributed by atoms with Crippen molar-refractivity contribution in [2.75, 3.05) is 18.2 Å². The summed E-state index contributed by atoms with van der Waals surface area (Å²) in [5.74, 6) is 0.785. The predicted octanol–water partition coefficient (Wildman–Crippen LogP) is 5.35. The molecule has 0 bridgehead atoms. The summed E-state index contributed by atoms with van der Waals surface area (Å²) < 4.78 is 7.81. The van der Waals surface area contributed by atoms with E-state index in [1.54, 1.807) is 42.0 Å². The number of hydrogen-bond donors (Lipinski definition) is 2. The molecule has 1 heterocycles. The molecule has 184 valence electrons. The Morgan fingerprint density at radius 3 is 2.44 bits per heavy atom. The van der Waals surface area contributed by atoms with E-state index in [2.05, 4.69) is 36.8 Å². The number of rotatable bonds is 9. The average Bonchev–Trinajstić information content (AvgIpc) is 3.30. The van der Waals surface area contributed by atoms with E-state index in [4.69, 9.17) is 16.3 Å². The van der Waals surface area contributed by atoms with Gasteiger partial charge in [0.15, 0.2) is 11.0 Å². The summed E-state index contributed by atoms with van der Waals surface area (Å²) in [5, 5.41) is 15.2. The zero-order valence-corrected chi connectivity index (χ0v) is 22.2. The number of nitrogens with zero attached hydrogens (tertiary/aromatic N) is 3. The lowest BCUT2D eigenvalue weighted by Crippen LogP contribution is -2.24. The highest BCUT2D eigenvalue weighted by molar-refractivity contribution is 9.10. The minimum absolute atomic E-state index is 0.106. The third-order valence-electron chi connectivity index (χ3n) is 5.01. The van der Waals surface area contributed by atoms with E-state index in [1.165, 1.54) is 11.8 Å². The first-order valence-corrected chi connectivity index (χ1v) is 12.9. The van der Waals surface area contributed by atoms with Crippen molar-refractivity contribution in [1.29, 1.82) is 0 Å². The maximum Gasteiger partial charge on any atom is 0.251 e. The SMILES string of the molecule is COc1ccc(C(=O)NCc2nnc(SCC(=O)Nc3ccc(Br)cc3)n2-c2ccccc2Cl)cc1. The van der Waals surface area contributed by atoms with Gasteiger partial charge in [-0.2, -0.15) is 0 Å². The number of thioether (sulfide) groups is 1. The van der Waals surface area contributed by atoms with Crippen LogP contribution in [0.2, 0.25) is 5.02 Å². The lowest BCUT2D eigenvalue weighted by atomic mass is 10.2. The Hall–Kier alpha value is -3.34. The molecular weight excluding hydrogens is 566 g/mol. The first-order valence-electron chi connectivity index (χ1n) is 10.7. The fourth-order valence-electron chi connectivity index (χ4n) is 3.25. The average molecular weight is 587 g/mol. The molecule has 3 aromatic carbocycles. The predicted molar refractivity (Wildman–Crippen MR) is 144 cm³/mol. The van der Waals surface area contributed by atoms with Gasteiger partial charge in [-0.25, -0.2) is 0 Å². The first-order chi connectivity index (χ1) is 17.4. The summed E-state index contributed by atoms with van der Waals surface area (Å²) in [6.07, 6.45) is 0. The van der Waals surface area contributed by atoms with E-state index in [0.29, 0.717) is 38.7 Å². The molecule has 0 radical (unpaired) electrons. The van der Waals surface area contributed by atoms with Crippen molar-refractivity contribution in [3.8, 4) is 11.4 Å². The Morgan fingerprint density at radius 1 is 1.03 bits per heavy atom. The number of carbonyl (C=O) groups excluding carboxylic acids is 2. The van der Waals surface area contributed by atoms with Crippen molar-refractivity contribution < 1.29 is 14.3 Å².